The van der Waals surface area contributed by atoms with Gasteiger partial charge in [0.25, 0.3) is 0 Å². The van der Waals surface area contributed by atoms with E-state index in [1.165, 1.54) is 25.7 Å². The Morgan fingerprint density at radius 3 is 1.82 bits per heavy atom. The highest BCUT2D eigenvalue weighted by Crippen LogP contribution is 2.15. The van der Waals surface area contributed by atoms with Gasteiger partial charge in [0.15, 0.2) is 0 Å². The minimum Gasteiger partial charge on any atom is -0.507 e. The van der Waals surface area contributed by atoms with Gasteiger partial charge in [-0.25, -0.2) is 0 Å². The molecule has 0 aliphatic carbocycles. The molecule has 0 aromatic heterocycles. The lowest BCUT2D eigenvalue weighted by molar-refractivity contribution is 0.474. The topological polar surface area (TPSA) is 20.2 Å². The summed E-state index contributed by atoms with van der Waals surface area (Å²) in [6.45, 7) is 12.0. The van der Waals surface area contributed by atoms with E-state index in [9.17, 15) is 0 Å². The van der Waals surface area contributed by atoms with Crippen LogP contribution in [0.2, 0.25) is 0 Å². The van der Waals surface area contributed by atoms with Crippen molar-refractivity contribution < 1.29 is 5.11 Å². The van der Waals surface area contributed by atoms with E-state index in [2.05, 4.69) is 20.4 Å². The third kappa shape index (κ3) is 11.0. The maximum absolute atomic E-state index is 9.04. The zero-order chi connectivity index (χ0) is 13.5. The van der Waals surface area contributed by atoms with E-state index in [4.69, 9.17) is 5.11 Å². The van der Waals surface area contributed by atoms with E-state index >= 15 is 0 Å². The first-order valence-electron chi connectivity index (χ1n) is 6.66. The van der Waals surface area contributed by atoms with Crippen LogP contribution in [-0.2, 0) is 0 Å². The molecule has 98 valence electrons. The molecule has 0 aliphatic heterocycles. The second-order valence-corrected chi connectivity index (χ2v) is 3.47. The summed E-state index contributed by atoms with van der Waals surface area (Å²) in [6.07, 6.45) is 7.16. The van der Waals surface area contributed by atoms with Crippen molar-refractivity contribution in [1.29, 1.82) is 0 Å². The molecule has 1 aromatic rings. The second-order valence-electron chi connectivity index (χ2n) is 3.47. The lowest BCUT2D eigenvalue weighted by Crippen LogP contribution is -1.69. The molecule has 0 saturated carbocycles. The Hall–Kier alpha value is -1.24. The molecular weight excluding hydrogens is 208 g/mol. The third-order valence-electron chi connectivity index (χ3n) is 2.11. The van der Waals surface area contributed by atoms with Crippen molar-refractivity contribution in [3.05, 3.63) is 36.4 Å². The second kappa shape index (κ2) is 14.8. The molecular formula is C16H28O. The fourth-order valence-corrected chi connectivity index (χ4v) is 1.16. The molecule has 0 heterocycles. The van der Waals surface area contributed by atoms with Gasteiger partial charge in [0.05, 0.1) is 0 Å². The van der Waals surface area contributed by atoms with Crippen LogP contribution in [0.4, 0.5) is 0 Å². The van der Waals surface area contributed by atoms with Crippen LogP contribution in [0, 0.1) is 0 Å². The maximum Gasteiger partial charge on any atom is 0.122 e. The fourth-order valence-electron chi connectivity index (χ4n) is 1.16. The van der Waals surface area contributed by atoms with Crippen LogP contribution in [0.25, 0.3) is 6.08 Å². The molecule has 0 fully saturated rings. The number of unbranched alkanes of at least 4 members (excludes halogenated alkanes) is 3. The lowest BCUT2D eigenvalue weighted by Gasteiger charge is -1.93. The number of para-hydroxylation sites is 1. The summed E-state index contributed by atoms with van der Waals surface area (Å²) in [5.41, 5.74) is 0.775. The molecule has 1 heteroatoms. The molecule has 0 amide bonds. The quantitative estimate of drug-likeness (QED) is 0.670. The van der Waals surface area contributed by atoms with Crippen molar-refractivity contribution in [2.45, 2.75) is 53.4 Å². The lowest BCUT2D eigenvalue weighted by atomic mass is 10.2. The molecule has 1 rings (SSSR count). The van der Waals surface area contributed by atoms with Gasteiger partial charge in [-0.2, -0.15) is 0 Å². The third-order valence-corrected chi connectivity index (χ3v) is 2.11. The highest BCUT2D eigenvalue weighted by atomic mass is 16.3. The molecule has 1 aromatic carbocycles. The van der Waals surface area contributed by atoms with Crippen molar-refractivity contribution in [2.24, 2.45) is 0 Å². The minimum absolute atomic E-state index is 0.285. The van der Waals surface area contributed by atoms with Crippen molar-refractivity contribution in [3.8, 4) is 5.75 Å². The summed E-state index contributed by atoms with van der Waals surface area (Å²) in [4.78, 5) is 0. The highest BCUT2D eigenvalue weighted by molar-refractivity contribution is 5.54. The first-order chi connectivity index (χ1) is 8.26. The van der Waals surface area contributed by atoms with E-state index in [-0.39, 0.29) is 5.75 Å². The van der Waals surface area contributed by atoms with Crippen molar-refractivity contribution in [3.63, 3.8) is 0 Å². The molecule has 0 saturated heterocycles. The van der Waals surface area contributed by atoms with Crippen LogP contribution < -0.4 is 0 Å². The largest absolute Gasteiger partial charge is 0.507 e. The zero-order valence-electron chi connectivity index (χ0n) is 11.9. The van der Waals surface area contributed by atoms with Gasteiger partial charge in [0.2, 0.25) is 0 Å². The summed E-state index contributed by atoms with van der Waals surface area (Å²) in [5.74, 6) is 0.285. The molecule has 1 N–H and O–H groups in total. The van der Waals surface area contributed by atoms with Gasteiger partial charge in [-0.15, -0.1) is 0 Å². The van der Waals surface area contributed by atoms with Gasteiger partial charge in [0, 0.05) is 5.56 Å². The van der Waals surface area contributed by atoms with Gasteiger partial charge in [-0.05, 0) is 6.07 Å². The Morgan fingerprint density at radius 2 is 1.53 bits per heavy atom. The molecule has 0 aliphatic rings. The number of hydrogen-bond donors (Lipinski definition) is 1. The Bertz CT molecular complexity index is 262. The van der Waals surface area contributed by atoms with Gasteiger partial charge >= 0.3 is 0 Å². The number of benzene rings is 1. The molecule has 17 heavy (non-hydrogen) atoms. The minimum atomic E-state index is 0.285. The van der Waals surface area contributed by atoms with Crippen molar-refractivity contribution in [1.82, 2.24) is 0 Å². The number of rotatable bonds is 4. The Labute approximate surface area is 107 Å². The van der Waals surface area contributed by atoms with Crippen molar-refractivity contribution in [2.75, 3.05) is 0 Å². The van der Waals surface area contributed by atoms with Crippen LogP contribution >= 0.6 is 0 Å². The number of aromatic hydroxyl groups is 1. The van der Waals surface area contributed by atoms with E-state index in [1.807, 2.05) is 26.0 Å². The van der Waals surface area contributed by atoms with E-state index in [0.29, 0.717) is 0 Å². The molecule has 0 bridgehead atoms. The number of phenolic OH excluding ortho intramolecular Hbond substituents is 1. The summed E-state index contributed by atoms with van der Waals surface area (Å²) < 4.78 is 0. The smallest absolute Gasteiger partial charge is 0.122 e. The van der Waals surface area contributed by atoms with E-state index in [0.717, 1.165) is 5.56 Å². The average Bonchev–Trinajstić information content (AvgIpc) is 2.40. The monoisotopic (exact) mass is 236 g/mol. The molecule has 0 radical (unpaired) electrons. The summed E-state index contributed by atoms with van der Waals surface area (Å²) >= 11 is 0. The van der Waals surface area contributed by atoms with E-state index < -0.39 is 0 Å². The molecule has 0 atom stereocenters. The predicted molar refractivity (Wildman–Crippen MR) is 79.4 cm³/mol. The van der Waals surface area contributed by atoms with Crippen LogP contribution in [0.5, 0.6) is 5.75 Å². The molecule has 1 nitrogen and oxygen atoms in total. The Kier molecular flexibility index (Phi) is 15.7. The van der Waals surface area contributed by atoms with Gasteiger partial charge < -0.3 is 5.11 Å². The summed E-state index contributed by atoms with van der Waals surface area (Å²) in [7, 11) is 0. The fraction of sp³-hybridized carbons (Fsp3) is 0.500. The van der Waals surface area contributed by atoms with Crippen LogP contribution in [0.1, 0.15) is 58.9 Å². The zero-order valence-corrected chi connectivity index (χ0v) is 11.9. The predicted octanol–water partition coefficient (Wildman–Crippen LogP) is 5.65. The van der Waals surface area contributed by atoms with E-state index in [1.54, 1.807) is 18.2 Å². The standard InChI is InChI=1S/C8H8O.C6H14.C2H6/c1-2-7-5-3-4-6-8(7)9;1-3-5-6-4-2;1-2/h2-6,9H,1H2;3-6H2,1-2H3;1-2H3. The maximum atomic E-state index is 9.04. The first kappa shape index (κ1) is 18.1. The first-order valence-corrected chi connectivity index (χ1v) is 6.66. The van der Waals surface area contributed by atoms with Crippen LogP contribution in [0.15, 0.2) is 30.8 Å². The van der Waals surface area contributed by atoms with Gasteiger partial charge in [-0.3, -0.25) is 0 Å². The highest BCUT2D eigenvalue weighted by Gasteiger charge is 1.89. The summed E-state index contributed by atoms with van der Waals surface area (Å²) in [6, 6.07) is 7.08. The Morgan fingerprint density at radius 1 is 1.06 bits per heavy atom. The Balaban J connectivity index is 0. The number of phenols is 1. The molecule has 0 spiro atoms. The van der Waals surface area contributed by atoms with Crippen molar-refractivity contribution >= 4 is 6.08 Å². The SMILES string of the molecule is C=Cc1ccccc1O.CC.CCCCCC. The van der Waals surface area contributed by atoms with Crippen LogP contribution in [0.3, 0.4) is 0 Å². The summed E-state index contributed by atoms with van der Waals surface area (Å²) in [5, 5.41) is 9.04. The van der Waals surface area contributed by atoms with Crippen LogP contribution in [-0.4, -0.2) is 5.11 Å². The molecule has 0 unspecified atom stereocenters. The number of hydrogen-bond acceptors (Lipinski definition) is 1. The van der Waals surface area contributed by atoms with Gasteiger partial charge in [0.1, 0.15) is 5.75 Å². The normalized spacial score (nSPS) is 8.24. The average molecular weight is 236 g/mol. The van der Waals surface area contributed by atoms with Gasteiger partial charge in [-0.1, -0.05) is 84.2 Å².